The van der Waals surface area contributed by atoms with Crippen LogP contribution in [-0.4, -0.2) is 21.7 Å². The van der Waals surface area contributed by atoms with E-state index < -0.39 is 0 Å². The van der Waals surface area contributed by atoms with Gasteiger partial charge in [0.05, 0.1) is 5.92 Å². The van der Waals surface area contributed by atoms with Crippen LogP contribution in [0.2, 0.25) is 0 Å². The lowest BCUT2D eigenvalue weighted by Crippen LogP contribution is -2.12. The van der Waals surface area contributed by atoms with Gasteiger partial charge in [-0.2, -0.15) is 4.98 Å². The first-order valence-electron chi connectivity index (χ1n) is 6.25. The van der Waals surface area contributed by atoms with Crippen LogP contribution in [0.15, 0.2) is 29.0 Å². The Labute approximate surface area is 106 Å². The third-order valence-electron chi connectivity index (χ3n) is 2.87. The Balaban J connectivity index is 2.06. The summed E-state index contributed by atoms with van der Waals surface area (Å²) in [6.07, 6.45) is 6.22. The Morgan fingerprint density at radius 2 is 2.11 bits per heavy atom. The normalized spacial score (nSPS) is 12.6. The van der Waals surface area contributed by atoms with Gasteiger partial charge in [0.2, 0.25) is 5.89 Å². The van der Waals surface area contributed by atoms with E-state index in [9.17, 15) is 0 Å². The van der Waals surface area contributed by atoms with E-state index in [-0.39, 0.29) is 5.92 Å². The smallest absolute Gasteiger partial charge is 0.231 e. The third kappa shape index (κ3) is 3.13. The van der Waals surface area contributed by atoms with Crippen LogP contribution in [0, 0.1) is 0 Å². The van der Waals surface area contributed by atoms with Gasteiger partial charge in [0, 0.05) is 25.4 Å². The number of nitrogens with zero attached hydrogens (tertiary/aromatic N) is 3. The molecule has 5 heteroatoms. The first kappa shape index (κ1) is 12.7. The third-order valence-corrected chi connectivity index (χ3v) is 2.87. The second-order valence-electron chi connectivity index (χ2n) is 4.30. The largest absolute Gasteiger partial charge is 0.339 e. The molecule has 2 aromatic heterocycles. The Bertz CT molecular complexity index is 469. The molecule has 1 atom stereocenters. The van der Waals surface area contributed by atoms with E-state index in [1.807, 2.05) is 12.1 Å². The lowest BCUT2D eigenvalue weighted by atomic mass is 10.0. The number of rotatable bonds is 6. The average Bonchev–Trinajstić information content (AvgIpc) is 2.85. The molecule has 0 saturated heterocycles. The van der Waals surface area contributed by atoms with Crippen molar-refractivity contribution in [3.05, 3.63) is 41.8 Å². The van der Waals surface area contributed by atoms with Gasteiger partial charge in [0.1, 0.15) is 0 Å². The molecule has 0 aliphatic heterocycles. The predicted octanol–water partition coefficient (Wildman–Crippen LogP) is 1.90. The molecule has 2 N–H and O–H groups in total. The maximum absolute atomic E-state index is 5.72. The molecule has 1 unspecified atom stereocenters. The van der Waals surface area contributed by atoms with Crippen molar-refractivity contribution in [2.24, 2.45) is 5.73 Å². The van der Waals surface area contributed by atoms with Gasteiger partial charge < -0.3 is 10.3 Å². The van der Waals surface area contributed by atoms with E-state index in [1.54, 1.807) is 12.4 Å². The lowest BCUT2D eigenvalue weighted by molar-refractivity contribution is 0.344. The van der Waals surface area contributed by atoms with Gasteiger partial charge in [0.15, 0.2) is 5.82 Å². The molecular weight excluding hydrogens is 228 g/mol. The number of hydrogen-bond donors (Lipinski definition) is 1. The Hall–Kier alpha value is -1.75. The molecule has 0 bridgehead atoms. The molecule has 2 aromatic rings. The summed E-state index contributed by atoms with van der Waals surface area (Å²) in [5.74, 6) is 1.53. The van der Waals surface area contributed by atoms with Crippen LogP contribution in [0.1, 0.15) is 43.0 Å². The van der Waals surface area contributed by atoms with Crippen molar-refractivity contribution < 1.29 is 4.52 Å². The Morgan fingerprint density at radius 3 is 2.78 bits per heavy atom. The number of aromatic nitrogens is 3. The quantitative estimate of drug-likeness (QED) is 0.842. The van der Waals surface area contributed by atoms with E-state index in [4.69, 9.17) is 10.3 Å². The van der Waals surface area contributed by atoms with Crippen LogP contribution in [0.3, 0.4) is 0 Å². The Morgan fingerprint density at radius 1 is 1.33 bits per heavy atom. The summed E-state index contributed by atoms with van der Waals surface area (Å²) in [5, 5.41) is 4.00. The first-order valence-corrected chi connectivity index (χ1v) is 6.25. The standard InChI is InChI=1S/C13H18N4O/c1-2-3-11(9-14)13-16-12(17-18-13)8-10-4-6-15-7-5-10/h4-7,11H,2-3,8-9,14H2,1H3. The van der Waals surface area contributed by atoms with Gasteiger partial charge >= 0.3 is 0 Å². The molecule has 5 nitrogen and oxygen atoms in total. The summed E-state index contributed by atoms with van der Waals surface area (Å²) < 4.78 is 5.29. The van der Waals surface area contributed by atoms with E-state index in [2.05, 4.69) is 22.0 Å². The van der Waals surface area contributed by atoms with E-state index in [0.717, 1.165) is 18.4 Å². The Kier molecular flexibility index (Phi) is 4.41. The van der Waals surface area contributed by atoms with Gasteiger partial charge in [-0.25, -0.2) is 0 Å². The van der Waals surface area contributed by atoms with Gasteiger partial charge in [-0.1, -0.05) is 18.5 Å². The summed E-state index contributed by atoms with van der Waals surface area (Å²) in [6.45, 7) is 2.67. The van der Waals surface area contributed by atoms with Crippen molar-refractivity contribution in [2.45, 2.75) is 32.1 Å². The molecule has 2 heterocycles. The summed E-state index contributed by atoms with van der Waals surface area (Å²) in [4.78, 5) is 8.39. The second-order valence-corrected chi connectivity index (χ2v) is 4.30. The van der Waals surface area contributed by atoms with Crippen molar-refractivity contribution in [3.63, 3.8) is 0 Å². The number of pyridine rings is 1. The van der Waals surface area contributed by atoms with Crippen molar-refractivity contribution in [1.82, 2.24) is 15.1 Å². The number of nitrogens with two attached hydrogens (primary N) is 1. The highest BCUT2D eigenvalue weighted by Gasteiger charge is 2.16. The molecular formula is C13H18N4O. The SMILES string of the molecule is CCCC(CN)c1nc(Cc2ccncc2)no1. The molecule has 0 amide bonds. The fourth-order valence-corrected chi connectivity index (χ4v) is 1.88. The topological polar surface area (TPSA) is 77.8 Å². The van der Waals surface area contributed by atoms with Gasteiger partial charge in [-0.05, 0) is 24.1 Å². The zero-order chi connectivity index (χ0) is 12.8. The van der Waals surface area contributed by atoms with Crippen molar-refractivity contribution >= 4 is 0 Å². The maximum Gasteiger partial charge on any atom is 0.231 e. The van der Waals surface area contributed by atoms with E-state index in [1.165, 1.54) is 0 Å². The molecule has 0 saturated carbocycles. The molecule has 0 fully saturated rings. The highest BCUT2D eigenvalue weighted by Crippen LogP contribution is 2.18. The van der Waals surface area contributed by atoms with Crippen LogP contribution < -0.4 is 5.73 Å². The maximum atomic E-state index is 5.72. The summed E-state index contributed by atoms with van der Waals surface area (Å²) in [6, 6.07) is 3.89. The lowest BCUT2D eigenvalue weighted by Gasteiger charge is -2.06. The first-order chi connectivity index (χ1) is 8.83. The zero-order valence-electron chi connectivity index (χ0n) is 10.5. The van der Waals surface area contributed by atoms with Crippen LogP contribution in [0.25, 0.3) is 0 Å². The van der Waals surface area contributed by atoms with Crippen LogP contribution in [-0.2, 0) is 6.42 Å². The molecule has 0 aliphatic rings. The molecule has 0 aromatic carbocycles. The van der Waals surface area contributed by atoms with Crippen molar-refractivity contribution in [3.8, 4) is 0 Å². The zero-order valence-corrected chi connectivity index (χ0v) is 10.5. The minimum absolute atomic E-state index is 0.175. The van der Waals surface area contributed by atoms with Crippen LogP contribution in [0.4, 0.5) is 0 Å². The molecule has 96 valence electrons. The van der Waals surface area contributed by atoms with E-state index >= 15 is 0 Å². The molecule has 18 heavy (non-hydrogen) atoms. The molecule has 0 radical (unpaired) electrons. The van der Waals surface area contributed by atoms with Crippen molar-refractivity contribution in [1.29, 1.82) is 0 Å². The van der Waals surface area contributed by atoms with Crippen molar-refractivity contribution in [2.75, 3.05) is 6.54 Å². The summed E-state index contributed by atoms with van der Waals surface area (Å²) >= 11 is 0. The monoisotopic (exact) mass is 246 g/mol. The van der Waals surface area contributed by atoms with Gasteiger partial charge in [-0.3, -0.25) is 4.98 Å². The van der Waals surface area contributed by atoms with E-state index in [0.29, 0.717) is 24.7 Å². The highest BCUT2D eigenvalue weighted by molar-refractivity contribution is 5.15. The highest BCUT2D eigenvalue weighted by atomic mass is 16.5. The summed E-state index contributed by atoms with van der Waals surface area (Å²) in [7, 11) is 0. The second kappa shape index (κ2) is 6.26. The van der Waals surface area contributed by atoms with Gasteiger partial charge in [-0.15, -0.1) is 0 Å². The fraction of sp³-hybridized carbons (Fsp3) is 0.462. The fourth-order valence-electron chi connectivity index (χ4n) is 1.88. The average molecular weight is 246 g/mol. The minimum atomic E-state index is 0.175. The van der Waals surface area contributed by atoms with Gasteiger partial charge in [0.25, 0.3) is 0 Å². The molecule has 0 spiro atoms. The number of hydrogen-bond acceptors (Lipinski definition) is 5. The molecule has 0 aliphatic carbocycles. The molecule has 2 rings (SSSR count). The van der Waals surface area contributed by atoms with Crippen LogP contribution in [0.5, 0.6) is 0 Å². The predicted molar refractivity (Wildman–Crippen MR) is 68.0 cm³/mol. The minimum Gasteiger partial charge on any atom is -0.339 e. The summed E-state index contributed by atoms with van der Waals surface area (Å²) in [5.41, 5.74) is 6.84. The van der Waals surface area contributed by atoms with Crippen LogP contribution >= 0.6 is 0 Å².